The number of fused-ring (bicyclic) bond motifs is 1. The van der Waals surface area contributed by atoms with Crippen molar-refractivity contribution in [1.29, 1.82) is 0 Å². The topological polar surface area (TPSA) is 46.6 Å². The lowest BCUT2D eigenvalue weighted by Crippen LogP contribution is -2.35. The number of benzene rings is 1. The zero-order chi connectivity index (χ0) is 14.2. The van der Waals surface area contributed by atoms with Gasteiger partial charge in [-0.15, -0.1) is 11.3 Å². The summed E-state index contributed by atoms with van der Waals surface area (Å²) in [6, 6.07) is 9.03. The van der Waals surface area contributed by atoms with Crippen molar-refractivity contribution in [1.82, 2.24) is 0 Å². The van der Waals surface area contributed by atoms with Gasteiger partial charge in [-0.05, 0) is 35.9 Å². The molecule has 1 aliphatic rings. The SMILES string of the molecule is COc1ccc2c(c1)N(S(=O)(=O)c1cccs1)CCC2. The van der Waals surface area contributed by atoms with Gasteiger partial charge < -0.3 is 4.74 Å². The summed E-state index contributed by atoms with van der Waals surface area (Å²) in [5, 5.41) is 1.78. The van der Waals surface area contributed by atoms with Crippen molar-refractivity contribution < 1.29 is 13.2 Å². The van der Waals surface area contributed by atoms with Gasteiger partial charge in [0.2, 0.25) is 0 Å². The van der Waals surface area contributed by atoms with Gasteiger partial charge in [-0.1, -0.05) is 12.1 Å². The minimum Gasteiger partial charge on any atom is -0.497 e. The van der Waals surface area contributed by atoms with Crippen molar-refractivity contribution in [2.24, 2.45) is 0 Å². The van der Waals surface area contributed by atoms with E-state index < -0.39 is 10.0 Å². The van der Waals surface area contributed by atoms with Gasteiger partial charge in [0, 0.05) is 12.6 Å². The first-order chi connectivity index (χ1) is 9.63. The van der Waals surface area contributed by atoms with Crippen LogP contribution < -0.4 is 9.04 Å². The molecule has 20 heavy (non-hydrogen) atoms. The molecule has 4 nitrogen and oxygen atoms in total. The lowest BCUT2D eigenvalue weighted by molar-refractivity contribution is 0.414. The number of thiophene rings is 1. The molecular formula is C14H15NO3S2. The molecule has 0 atom stereocenters. The fraction of sp³-hybridized carbons (Fsp3) is 0.286. The second-order valence-corrected chi connectivity index (χ2v) is 7.64. The Hall–Kier alpha value is -1.53. The van der Waals surface area contributed by atoms with Crippen molar-refractivity contribution in [3.8, 4) is 5.75 Å². The van der Waals surface area contributed by atoms with Crippen LogP contribution in [0.2, 0.25) is 0 Å². The Bertz CT molecular complexity index is 708. The Kier molecular flexibility index (Phi) is 3.43. The second-order valence-electron chi connectivity index (χ2n) is 4.61. The van der Waals surface area contributed by atoms with Crippen molar-refractivity contribution in [2.75, 3.05) is 18.0 Å². The quantitative estimate of drug-likeness (QED) is 0.876. The van der Waals surface area contributed by atoms with Gasteiger partial charge in [0.05, 0.1) is 12.8 Å². The molecule has 0 spiro atoms. The smallest absolute Gasteiger partial charge is 0.273 e. The van der Waals surface area contributed by atoms with Crippen molar-refractivity contribution >= 4 is 27.0 Å². The van der Waals surface area contributed by atoms with E-state index in [4.69, 9.17) is 4.74 Å². The largest absolute Gasteiger partial charge is 0.497 e. The number of anilines is 1. The molecule has 0 radical (unpaired) electrons. The third-order valence-corrected chi connectivity index (χ3v) is 6.59. The molecule has 0 bridgehead atoms. The monoisotopic (exact) mass is 309 g/mol. The second kappa shape index (κ2) is 5.10. The van der Waals surface area contributed by atoms with Gasteiger partial charge in [0.1, 0.15) is 9.96 Å². The fourth-order valence-electron chi connectivity index (χ4n) is 2.42. The lowest BCUT2D eigenvalue weighted by atomic mass is 10.0. The highest BCUT2D eigenvalue weighted by Gasteiger charge is 2.30. The molecule has 106 valence electrons. The van der Waals surface area contributed by atoms with E-state index in [1.165, 1.54) is 15.6 Å². The molecule has 6 heteroatoms. The highest BCUT2D eigenvalue weighted by Crippen LogP contribution is 2.35. The minimum absolute atomic E-state index is 0.383. The molecule has 1 aliphatic heterocycles. The van der Waals surface area contributed by atoms with E-state index in [2.05, 4.69) is 0 Å². The molecule has 0 saturated carbocycles. The average Bonchev–Trinajstić information content (AvgIpc) is 3.01. The predicted octanol–water partition coefficient (Wildman–Crippen LogP) is 2.90. The van der Waals surface area contributed by atoms with Crippen LogP contribution in [-0.4, -0.2) is 22.1 Å². The average molecular weight is 309 g/mol. The van der Waals surface area contributed by atoms with E-state index in [1.807, 2.05) is 12.1 Å². The van der Waals surface area contributed by atoms with E-state index in [0.717, 1.165) is 24.1 Å². The van der Waals surface area contributed by atoms with Crippen LogP contribution in [0.5, 0.6) is 5.75 Å². The number of rotatable bonds is 3. The molecule has 0 aliphatic carbocycles. The van der Waals surface area contributed by atoms with Crippen LogP contribution in [0.25, 0.3) is 0 Å². The van der Waals surface area contributed by atoms with Crippen molar-refractivity contribution in [2.45, 2.75) is 17.1 Å². The van der Waals surface area contributed by atoms with Crippen LogP contribution in [0.3, 0.4) is 0 Å². The molecule has 0 amide bonds. The maximum Gasteiger partial charge on any atom is 0.273 e. The van der Waals surface area contributed by atoms with E-state index >= 15 is 0 Å². The fourth-order valence-corrected chi connectivity index (χ4v) is 5.05. The first kappa shape index (κ1) is 13.5. The lowest BCUT2D eigenvalue weighted by Gasteiger charge is -2.30. The first-order valence-electron chi connectivity index (χ1n) is 6.36. The highest BCUT2D eigenvalue weighted by molar-refractivity contribution is 7.94. The van der Waals surface area contributed by atoms with Crippen LogP contribution in [0.15, 0.2) is 39.9 Å². The first-order valence-corrected chi connectivity index (χ1v) is 8.68. The standard InChI is InChI=1S/C14H15NO3S2/c1-18-12-7-6-11-4-2-8-15(13(11)10-12)20(16,17)14-5-3-9-19-14/h3,5-7,9-10H,2,4,8H2,1H3. The van der Waals surface area contributed by atoms with Gasteiger partial charge >= 0.3 is 0 Å². The number of nitrogens with zero attached hydrogens (tertiary/aromatic N) is 1. The van der Waals surface area contributed by atoms with Gasteiger partial charge in [-0.3, -0.25) is 4.31 Å². The molecule has 0 saturated heterocycles. The predicted molar refractivity (Wildman–Crippen MR) is 80.2 cm³/mol. The number of hydrogen-bond donors (Lipinski definition) is 0. The van der Waals surface area contributed by atoms with E-state index in [0.29, 0.717) is 16.5 Å². The van der Waals surface area contributed by atoms with E-state index in [-0.39, 0.29) is 0 Å². The number of methoxy groups -OCH3 is 1. The van der Waals surface area contributed by atoms with Crippen LogP contribution >= 0.6 is 11.3 Å². The molecule has 1 aromatic heterocycles. The molecule has 0 fully saturated rings. The van der Waals surface area contributed by atoms with Crippen molar-refractivity contribution in [3.05, 3.63) is 41.3 Å². The molecule has 3 rings (SSSR count). The third kappa shape index (κ3) is 2.19. The third-order valence-electron chi connectivity index (χ3n) is 3.41. The van der Waals surface area contributed by atoms with Crippen molar-refractivity contribution in [3.63, 3.8) is 0 Å². The molecule has 2 heterocycles. The number of aryl methyl sites for hydroxylation is 1. The van der Waals surface area contributed by atoms with Crippen LogP contribution in [0.1, 0.15) is 12.0 Å². The van der Waals surface area contributed by atoms with E-state index in [1.54, 1.807) is 30.7 Å². The summed E-state index contributed by atoms with van der Waals surface area (Å²) in [4.78, 5) is 0. The number of sulfonamides is 1. The summed E-state index contributed by atoms with van der Waals surface area (Å²) >= 11 is 1.25. The Balaban J connectivity index is 2.10. The zero-order valence-corrected chi connectivity index (χ0v) is 12.7. The summed E-state index contributed by atoms with van der Waals surface area (Å²) in [6.07, 6.45) is 1.74. The summed E-state index contributed by atoms with van der Waals surface area (Å²) in [6.45, 7) is 0.514. The van der Waals surface area contributed by atoms with Gasteiger partial charge in [-0.2, -0.15) is 0 Å². The van der Waals surface area contributed by atoms with Gasteiger partial charge in [0.15, 0.2) is 0 Å². The number of hydrogen-bond acceptors (Lipinski definition) is 4. The van der Waals surface area contributed by atoms with Gasteiger partial charge in [-0.25, -0.2) is 8.42 Å². The Morgan fingerprint density at radius 1 is 1.30 bits per heavy atom. The minimum atomic E-state index is -3.46. The number of ether oxygens (including phenoxy) is 1. The van der Waals surface area contributed by atoms with Crippen LogP contribution in [0, 0.1) is 0 Å². The maximum atomic E-state index is 12.7. The Labute approximate surface area is 122 Å². The molecule has 0 N–H and O–H groups in total. The molecular weight excluding hydrogens is 294 g/mol. The summed E-state index contributed by atoms with van der Waals surface area (Å²) in [7, 11) is -1.87. The van der Waals surface area contributed by atoms with Crippen LogP contribution in [0.4, 0.5) is 5.69 Å². The molecule has 2 aromatic rings. The summed E-state index contributed by atoms with van der Waals surface area (Å²) in [5.41, 5.74) is 1.79. The highest BCUT2D eigenvalue weighted by atomic mass is 32.2. The molecule has 0 unspecified atom stereocenters. The normalized spacial score (nSPS) is 14.9. The summed E-state index contributed by atoms with van der Waals surface area (Å²) in [5.74, 6) is 0.678. The van der Waals surface area contributed by atoms with Gasteiger partial charge in [0.25, 0.3) is 10.0 Å². The molecule has 1 aromatic carbocycles. The zero-order valence-electron chi connectivity index (χ0n) is 11.1. The maximum absolute atomic E-state index is 12.7. The Morgan fingerprint density at radius 3 is 2.85 bits per heavy atom. The van der Waals surface area contributed by atoms with Crippen LogP contribution in [-0.2, 0) is 16.4 Å². The Morgan fingerprint density at radius 2 is 2.15 bits per heavy atom. The van der Waals surface area contributed by atoms with E-state index in [9.17, 15) is 8.42 Å². The summed E-state index contributed by atoms with van der Waals surface area (Å²) < 4.78 is 32.5.